The average Bonchev–Trinajstić information content (AvgIpc) is 3.13. The zero-order chi connectivity index (χ0) is 37.5. The maximum atomic E-state index is 12.4. The van der Waals surface area contributed by atoms with Gasteiger partial charge in [0.25, 0.3) is 0 Å². The largest absolute Gasteiger partial charge is 0.476 e. The summed E-state index contributed by atoms with van der Waals surface area (Å²) >= 11 is 0. The van der Waals surface area contributed by atoms with Gasteiger partial charge in [0.2, 0.25) is 0 Å². The Morgan fingerprint density at radius 1 is 0.471 bits per heavy atom. The van der Waals surface area contributed by atoms with Gasteiger partial charge in [-0.05, 0) is 38.7 Å². The molecule has 1 N–H and O–H groups in total. The lowest BCUT2D eigenvalue weighted by molar-refractivity contribution is -0.144. The van der Waals surface area contributed by atoms with Crippen molar-refractivity contribution in [1.29, 1.82) is 0 Å². The molecule has 0 aromatic rings. The summed E-state index contributed by atoms with van der Waals surface area (Å²) in [5.74, 6) is -0.398. The molecule has 0 saturated heterocycles. The Balaban J connectivity index is 4.35. The molecular formula is C45H87NO5. The highest BCUT2D eigenvalue weighted by Gasteiger charge is 2.22. The lowest BCUT2D eigenvalue weighted by atomic mass is 10.0. The van der Waals surface area contributed by atoms with E-state index in [9.17, 15) is 9.59 Å². The number of carbonyl (C=O) groups is 2. The first-order valence-electron chi connectivity index (χ1n) is 22.2. The predicted octanol–water partition coefficient (Wildman–Crippen LogP) is 13.8. The molecule has 0 bridgehead atoms. The number of hydrogen-bond donors (Lipinski definition) is 1. The van der Waals surface area contributed by atoms with Crippen LogP contribution in [0.15, 0.2) is 12.5 Å². The van der Waals surface area contributed by atoms with Crippen LogP contribution in [0.3, 0.4) is 0 Å². The Hall–Kier alpha value is -1.72. The summed E-state index contributed by atoms with van der Waals surface area (Å²) in [4.78, 5) is 24.0. The molecule has 0 spiro atoms. The van der Waals surface area contributed by atoms with Crippen molar-refractivity contribution in [3.05, 3.63) is 12.5 Å². The molecular weight excluding hydrogens is 634 g/mol. The zero-order valence-corrected chi connectivity index (χ0v) is 34.7. The van der Waals surface area contributed by atoms with Crippen LogP contribution < -0.4 is 5.32 Å². The number of nitrogens with one attached hydrogen (secondary N) is 1. The van der Waals surface area contributed by atoms with E-state index in [2.05, 4.69) is 25.7 Å². The predicted molar refractivity (Wildman–Crippen MR) is 218 cm³/mol. The number of carbonyl (C=O) groups excluding carboxylic acids is 2. The molecule has 302 valence electrons. The van der Waals surface area contributed by atoms with Crippen molar-refractivity contribution in [2.45, 2.75) is 251 Å². The highest BCUT2D eigenvalue weighted by atomic mass is 16.5. The third kappa shape index (κ3) is 35.1. The van der Waals surface area contributed by atoms with E-state index >= 15 is 0 Å². The second-order valence-corrected chi connectivity index (χ2v) is 15.3. The standard InChI is InChI=1S/C45H87NO5/c1-6-8-10-12-14-16-18-20-22-24-26-28-30-32-34-36-38-42(51-41(3)46-43(45(48)50-5)39-40-44(47)49-4)37-35-33-31-29-27-25-23-21-19-17-15-13-11-9-7-2/h42-43,46H,3,6-40H2,1-2,4-5H3. The fraction of sp³-hybridized carbons (Fsp3) is 0.911. The summed E-state index contributed by atoms with van der Waals surface area (Å²) < 4.78 is 16.0. The lowest BCUT2D eigenvalue weighted by Crippen LogP contribution is -2.38. The van der Waals surface area contributed by atoms with Gasteiger partial charge in [-0.1, -0.05) is 200 Å². The van der Waals surface area contributed by atoms with Gasteiger partial charge in [-0.15, -0.1) is 0 Å². The Morgan fingerprint density at radius 3 is 1.08 bits per heavy atom. The summed E-state index contributed by atoms with van der Waals surface area (Å²) in [5, 5.41) is 3.09. The molecule has 2 unspecified atom stereocenters. The molecule has 0 heterocycles. The Bertz CT molecular complexity index is 772. The molecule has 0 amide bonds. The lowest BCUT2D eigenvalue weighted by Gasteiger charge is -2.24. The van der Waals surface area contributed by atoms with E-state index in [0.29, 0.717) is 5.88 Å². The molecule has 2 atom stereocenters. The van der Waals surface area contributed by atoms with Crippen LogP contribution in [0.5, 0.6) is 0 Å². The van der Waals surface area contributed by atoms with Crippen LogP contribution >= 0.6 is 0 Å². The Kier molecular flexibility index (Phi) is 38.2. The molecule has 6 nitrogen and oxygen atoms in total. The van der Waals surface area contributed by atoms with Gasteiger partial charge in [0.05, 0.1) is 14.2 Å². The molecule has 0 aromatic carbocycles. The van der Waals surface area contributed by atoms with Crippen LogP contribution in [0.2, 0.25) is 0 Å². The van der Waals surface area contributed by atoms with Crippen LogP contribution in [-0.2, 0) is 23.8 Å². The highest BCUT2D eigenvalue weighted by Crippen LogP contribution is 2.20. The number of esters is 2. The number of unbranched alkanes of at least 4 members (excludes halogenated alkanes) is 29. The quantitative estimate of drug-likeness (QED) is 0.0385. The normalized spacial score (nSPS) is 12.4. The van der Waals surface area contributed by atoms with E-state index in [-0.39, 0.29) is 24.9 Å². The fourth-order valence-electron chi connectivity index (χ4n) is 7.11. The maximum Gasteiger partial charge on any atom is 0.328 e. The van der Waals surface area contributed by atoms with Gasteiger partial charge in [0.15, 0.2) is 5.88 Å². The maximum absolute atomic E-state index is 12.4. The third-order valence-corrected chi connectivity index (χ3v) is 10.5. The van der Waals surface area contributed by atoms with Gasteiger partial charge < -0.3 is 19.5 Å². The summed E-state index contributed by atoms with van der Waals surface area (Å²) in [6.07, 6.45) is 44.7. The van der Waals surface area contributed by atoms with Gasteiger partial charge in [-0.2, -0.15) is 0 Å². The highest BCUT2D eigenvalue weighted by molar-refractivity contribution is 5.77. The SMILES string of the molecule is C=C(NC(CCC(=O)OC)C(=O)OC)OC(CCCCCCCCCCCCCCCCC)CCCCCCCCCCCCCCCCCC. The van der Waals surface area contributed by atoms with E-state index in [1.807, 2.05) is 0 Å². The van der Waals surface area contributed by atoms with Crippen LogP contribution in [-0.4, -0.2) is 38.3 Å². The molecule has 51 heavy (non-hydrogen) atoms. The summed E-state index contributed by atoms with van der Waals surface area (Å²) in [5.41, 5.74) is 0. The van der Waals surface area contributed by atoms with Crippen LogP contribution in [0.1, 0.15) is 239 Å². The first kappa shape index (κ1) is 49.3. The number of ether oxygens (including phenoxy) is 3. The monoisotopic (exact) mass is 722 g/mol. The Labute approximate surface area is 317 Å². The minimum atomic E-state index is -0.691. The van der Waals surface area contributed by atoms with E-state index in [0.717, 1.165) is 25.7 Å². The van der Waals surface area contributed by atoms with Crippen molar-refractivity contribution in [1.82, 2.24) is 5.32 Å². The molecule has 0 aliphatic heterocycles. The first-order chi connectivity index (χ1) is 25.0. The van der Waals surface area contributed by atoms with Crippen molar-refractivity contribution in [3.8, 4) is 0 Å². The van der Waals surface area contributed by atoms with Gasteiger partial charge in [0.1, 0.15) is 12.1 Å². The summed E-state index contributed by atoms with van der Waals surface area (Å²) in [7, 11) is 2.71. The Morgan fingerprint density at radius 2 is 0.784 bits per heavy atom. The van der Waals surface area contributed by atoms with Crippen molar-refractivity contribution in [2.24, 2.45) is 0 Å². The second kappa shape index (κ2) is 39.5. The van der Waals surface area contributed by atoms with E-state index in [1.54, 1.807) is 0 Å². The van der Waals surface area contributed by atoms with Crippen LogP contribution in [0.25, 0.3) is 0 Å². The van der Waals surface area contributed by atoms with Crippen molar-refractivity contribution >= 4 is 11.9 Å². The first-order valence-corrected chi connectivity index (χ1v) is 22.2. The topological polar surface area (TPSA) is 73.9 Å². The fourth-order valence-corrected chi connectivity index (χ4v) is 7.11. The summed E-state index contributed by atoms with van der Waals surface area (Å²) in [6, 6.07) is -0.691. The van der Waals surface area contributed by atoms with E-state index in [4.69, 9.17) is 14.2 Å². The number of methoxy groups -OCH3 is 2. The number of hydrogen-bond acceptors (Lipinski definition) is 6. The molecule has 0 radical (unpaired) electrons. The van der Waals surface area contributed by atoms with Crippen molar-refractivity contribution < 1.29 is 23.8 Å². The van der Waals surface area contributed by atoms with Gasteiger partial charge in [-0.25, -0.2) is 4.79 Å². The molecule has 0 rings (SSSR count). The molecule has 6 heteroatoms. The zero-order valence-electron chi connectivity index (χ0n) is 34.7. The van der Waals surface area contributed by atoms with Crippen LogP contribution in [0.4, 0.5) is 0 Å². The van der Waals surface area contributed by atoms with E-state index in [1.165, 1.54) is 200 Å². The molecule has 0 fully saturated rings. The van der Waals surface area contributed by atoms with Gasteiger partial charge in [-0.3, -0.25) is 4.79 Å². The van der Waals surface area contributed by atoms with Crippen molar-refractivity contribution in [3.63, 3.8) is 0 Å². The van der Waals surface area contributed by atoms with Gasteiger partial charge in [0, 0.05) is 6.42 Å². The average molecular weight is 722 g/mol. The van der Waals surface area contributed by atoms with Crippen LogP contribution in [0, 0.1) is 0 Å². The third-order valence-electron chi connectivity index (χ3n) is 10.5. The van der Waals surface area contributed by atoms with E-state index < -0.39 is 12.0 Å². The molecule has 0 aromatic heterocycles. The summed E-state index contributed by atoms with van der Waals surface area (Å²) in [6.45, 7) is 8.66. The molecule has 0 aliphatic rings. The number of rotatable bonds is 41. The van der Waals surface area contributed by atoms with Gasteiger partial charge >= 0.3 is 11.9 Å². The smallest absolute Gasteiger partial charge is 0.328 e. The molecule has 0 saturated carbocycles. The molecule has 0 aliphatic carbocycles. The van der Waals surface area contributed by atoms with Crippen molar-refractivity contribution in [2.75, 3.05) is 14.2 Å². The second-order valence-electron chi connectivity index (χ2n) is 15.3. The minimum Gasteiger partial charge on any atom is -0.476 e. The minimum absolute atomic E-state index is 0.0810.